The molecule has 2 aromatic heterocycles. The summed E-state index contributed by atoms with van der Waals surface area (Å²) >= 11 is 14.2. The molecule has 1 fully saturated rings. The van der Waals surface area contributed by atoms with E-state index in [1.807, 2.05) is 0 Å². The number of carbonyl (C=O) groups is 1. The Morgan fingerprint density at radius 1 is 1.26 bits per heavy atom. The van der Waals surface area contributed by atoms with Crippen LogP contribution in [0.5, 0.6) is 0 Å². The van der Waals surface area contributed by atoms with Crippen LogP contribution < -0.4 is 5.32 Å². The molecule has 2 unspecified atom stereocenters. The smallest absolute Gasteiger partial charge is 0.307 e. The maximum Gasteiger partial charge on any atom is 0.394 e. The Morgan fingerprint density at radius 3 is 2.58 bits per heavy atom. The third-order valence-electron chi connectivity index (χ3n) is 4.76. The summed E-state index contributed by atoms with van der Waals surface area (Å²) in [6.45, 7) is -0.338. The average molecular weight is 510 g/mol. The van der Waals surface area contributed by atoms with E-state index in [0.29, 0.717) is 4.34 Å². The van der Waals surface area contributed by atoms with Crippen LogP contribution in [0.3, 0.4) is 0 Å². The number of nitrogens with one attached hydrogen (secondary N) is 1. The number of carbonyl (C=O) groups excluding carboxylic acids is 1. The minimum absolute atomic E-state index is 0.0631. The van der Waals surface area contributed by atoms with Crippen molar-refractivity contribution < 1.29 is 22.4 Å². The third-order valence-corrected chi connectivity index (χ3v) is 7.59. The van der Waals surface area contributed by atoms with Gasteiger partial charge in [0.05, 0.1) is 26.9 Å². The van der Waals surface area contributed by atoms with Crippen LogP contribution in [0.4, 0.5) is 17.6 Å². The van der Waals surface area contributed by atoms with Gasteiger partial charge in [-0.2, -0.15) is 23.0 Å². The van der Waals surface area contributed by atoms with Crippen LogP contribution in [0.1, 0.15) is 27.0 Å². The Bertz CT molecular complexity index is 1130. The average Bonchev–Trinajstić information content (AvgIpc) is 3.21. The van der Waals surface area contributed by atoms with E-state index in [4.69, 9.17) is 23.2 Å². The summed E-state index contributed by atoms with van der Waals surface area (Å²) in [6, 6.07) is 8.20. The lowest BCUT2D eigenvalue weighted by Crippen LogP contribution is -2.53. The van der Waals surface area contributed by atoms with Gasteiger partial charge in [0.15, 0.2) is 5.82 Å². The van der Waals surface area contributed by atoms with E-state index < -0.39 is 35.6 Å². The first kappa shape index (κ1) is 22.6. The van der Waals surface area contributed by atoms with Gasteiger partial charge in [-0.25, -0.2) is 4.39 Å². The van der Waals surface area contributed by atoms with Gasteiger partial charge >= 0.3 is 6.18 Å². The molecule has 31 heavy (non-hydrogen) atoms. The summed E-state index contributed by atoms with van der Waals surface area (Å²) in [5.41, 5.74) is -0.381. The quantitative estimate of drug-likeness (QED) is 0.328. The molecule has 4 nitrogen and oxygen atoms in total. The van der Waals surface area contributed by atoms with Crippen LogP contribution in [-0.2, 0) is 5.75 Å². The highest BCUT2D eigenvalue weighted by Crippen LogP contribution is 2.43. The zero-order chi connectivity index (χ0) is 22.3. The molecule has 12 heteroatoms. The first-order valence-electron chi connectivity index (χ1n) is 8.91. The molecular weight excluding hydrogens is 497 g/mol. The number of thiophene rings is 1. The molecule has 1 aromatic carbocycles. The lowest BCUT2D eigenvalue weighted by atomic mass is 9.88. The number of hydrogen-bond donors (Lipinski definition) is 1. The van der Waals surface area contributed by atoms with Crippen LogP contribution in [-0.4, -0.2) is 28.4 Å². The Morgan fingerprint density at radius 2 is 2.00 bits per heavy atom. The molecular formula is C19H13Cl2F4N3OS2. The minimum Gasteiger partial charge on any atom is -0.307 e. The number of nitrogens with zero attached hydrogens (tertiary/aromatic N) is 2. The Hall–Kier alpha value is -1.59. The molecule has 0 saturated carbocycles. The highest BCUT2D eigenvalue weighted by Gasteiger charge is 2.52. The summed E-state index contributed by atoms with van der Waals surface area (Å²) in [5.74, 6) is -3.21. The second-order valence-electron chi connectivity index (χ2n) is 6.73. The molecule has 164 valence electrons. The maximum absolute atomic E-state index is 15.3. The molecule has 1 aliphatic heterocycles. The summed E-state index contributed by atoms with van der Waals surface area (Å²) in [7, 11) is 0. The SMILES string of the molecule is O=C(c1ccccc1Cl)n1nc(C2NCC2C(F)(F)F)c(F)c1SCc1ccc(Cl)s1. The van der Waals surface area contributed by atoms with Crippen molar-refractivity contribution in [3.05, 3.63) is 67.7 Å². The number of halogens is 6. The van der Waals surface area contributed by atoms with Crippen molar-refractivity contribution in [3.8, 4) is 0 Å². The van der Waals surface area contributed by atoms with E-state index in [-0.39, 0.29) is 27.9 Å². The molecule has 0 spiro atoms. The standard InChI is InChI=1S/C19H13Cl2F4N3OS2/c20-12-4-2-1-3-10(12)17(29)28-18(30-8-9-5-6-13(21)31-9)14(22)16(27-28)15-11(7-26-15)19(23,24)25/h1-6,11,15,26H,7-8H2. The van der Waals surface area contributed by atoms with Crippen molar-refractivity contribution in [2.24, 2.45) is 5.92 Å². The van der Waals surface area contributed by atoms with Crippen LogP contribution in [0.25, 0.3) is 0 Å². The Balaban J connectivity index is 1.73. The fourth-order valence-electron chi connectivity index (χ4n) is 3.12. The van der Waals surface area contributed by atoms with Crippen LogP contribution in [0, 0.1) is 11.7 Å². The van der Waals surface area contributed by atoms with Gasteiger partial charge in [-0.1, -0.05) is 47.1 Å². The topological polar surface area (TPSA) is 46.9 Å². The molecule has 1 saturated heterocycles. The van der Waals surface area contributed by atoms with Gasteiger partial charge in [-0.05, 0) is 24.3 Å². The second kappa shape index (κ2) is 8.74. The molecule has 3 heterocycles. The Labute approximate surface area is 192 Å². The van der Waals surface area contributed by atoms with Crippen molar-refractivity contribution in [1.82, 2.24) is 15.1 Å². The molecule has 1 N–H and O–H groups in total. The van der Waals surface area contributed by atoms with Gasteiger partial charge in [0.25, 0.3) is 5.91 Å². The van der Waals surface area contributed by atoms with Gasteiger partial charge in [0.1, 0.15) is 10.7 Å². The largest absolute Gasteiger partial charge is 0.394 e. The van der Waals surface area contributed by atoms with Gasteiger partial charge < -0.3 is 5.32 Å². The third kappa shape index (κ3) is 4.49. The fraction of sp³-hybridized carbons (Fsp3) is 0.263. The fourth-order valence-corrected chi connectivity index (χ4v) is 5.49. The molecule has 1 aliphatic rings. The highest BCUT2D eigenvalue weighted by molar-refractivity contribution is 7.98. The number of hydrogen-bond acceptors (Lipinski definition) is 5. The van der Waals surface area contributed by atoms with Crippen molar-refractivity contribution >= 4 is 52.2 Å². The van der Waals surface area contributed by atoms with Gasteiger partial charge in [-0.3, -0.25) is 4.79 Å². The number of aromatic nitrogens is 2. The summed E-state index contributed by atoms with van der Waals surface area (Å²) < 4.78 is 56.3. The van der Waals surface area contributed by atoms with E-state index in [2.05, 4.69) is 10.4 Å². The number of alkyl halides is 3. The first-order valence-corrected chi connectivity index (χ1v) is 11.5. The van der Waals surface area contributed by atoms with E-state index in [9.17, 15) is 18.0 Å². The van der Waals surface area contributed by atoms with Crippen molar-refractivity contribution in [1.29, 1.82) is 0 Å². The Kier molecular flexibility index (Phi) is 6.37. The second-order valence-corrected chi connectivity index (χ2v) is 9.90. The monoisotopic (exact) mass is 509 g/mol. The van der Waals surface area contributed by atoms with Gasteiger partial charge in [0.2, 0.25) is 0 Å². The van der Waals surface area contributed by atoms with Crippen molar-refractivity contribution in [2.45, 2.75) is 23.0 Å². The zero-order valence-corrected chi connectivity index (χ0v) is 18.6. The molecule has 0 aliphatic carbocycles. The predicted molar refractivity (Wildman–Crippen MR) is 113 cm³/mol. The highest BCUT2D eigenvalue weighted by atomic mass is 35.5. The van der Waals surface area contributed by atoms with Gasteiger partial charge in [0, 0.05) is 17.2 Å². The normalized spacial score (nSPS) is 18.8. The van der Waals surface area contributed by atoms with E-state index in [1.165, 1.54) is 23.5 Å². The van der Waals surface area contributed by atoms with E-state index in [0.717, 1.165) is 21.3 Å². The summed E-state index contributed by atoms with van der Waals surface area (Å²) in [4.78, 5) is 13.9. The van der Waals surface area contributed by atoms with Crippen molar-refractivity contribution in [3.63, 3.8) is 0 Å². The summed E-state index contributed by atoms with van der Waals surface area (Å²) in [5, 5.41) is 6.47. The van der Waals surface area contributed by atoms with E-state index >= 15 is 4.39 Å². The minimum atomic E-state index is -4.51. The molecule has 4 rings (SSSR count). The lowest BCUT2D eigenvalue weighted by molar-refractivity contribution is -0.201. The predicted octanol–water partition coefficient (Wildman–Crippen LogP) is 6.19. The maximum atomic E-state index is 15.3. The number of thioether (sulfide) groups is 1. The van der Waals surface area contributed by atoms with Gasteiger partial charge in [-0.15, -0.1) is 11.3 Å². The number of benzene rings is 1. The molecule has 0 radical (unpaired) electrons. The molecule has 0 amide bonds. The molecule has 3 aromatic rings. The summed E-state index contributed by atoms with van der Waals surface area (Å²) in [6.07, 6.45) is -4.51. The first-order chi connectivity index (χ1) is 14.7. The lowest BCUT2D eigenvalue weighted by Gasteiger charge is -2.37. The van der Waals surface area contributed by atoms with Crippen LogP contribution in [0.2, 0.25) is 9.36 Å². The molecule has 0 bridgehead atoms. The zero-order valence-electron chi connectivity index (χ0n) is 15.4. The van der Waals surface area contributed by atoms with E-state index in [1.54, 1.807) is 24.3 Å². The molecule has 2 atom stereocenters. The van der Waals surface area contributed by atoms with Crippen molar-refractivity contribution in [2.75, 3.05) is 6.54 Å². The van der Waals surface area contributed by atoms with Crippen LogP contribution >= 0.6 is 46.3 Å². The number of rotatable bonds is 5. The van der Waals surface area contributed by atoms with Crippen LogP contribution in [0.15, 0.2) is 41.4 Å².